The van der Waals surface area contributed by atoms with Crippen molar-refractivity contribution in [3.8, 4) is 0 Å². The zero-order chi connectivity index (χ0) is 24.7. The smallest absolute Gasteiger partial charge is 0.269 e. The molecule has 12 heteroatoms. The average Bonchev–Trinajstić information content (AvgIpc) is 2.81. The minimum absolute atomic E-state index is 0.0160. The van der Waals surface area contributed by atoms with E-state index in [9.17, 15) is 23.3 Å². The molecule has 0 radical (unpaired) electrons. The summed E-state index contributed by atoms with van der Waals surface area (Å²) in [4.78, 5) is 22.7. The molecule has 0 aliphatic rings. The number of hydrogen-bond donors (Lipinski definition) is 1. The molecule has 176 valence electrons. The summed E-state index contributed by atoms with van der Waals surface area (Å²) in [5.41, 5.74) is 3.16. The van der Waals surface area contributed by atoms with E-state index < -0.39 is 27.4 Å². The normalized spacial score (nSPS) is 11.6. The van der Waals surface area contributed by atoms with Crippen LogP contribution >= 0.6 is 23.2 Å². The molecule has 0 aliphatic heterocycles. The van der Waals surface area contributed by atoms with Gasteiger partial charge in [-0.3, -0.25) is 14.9 Å². The van der Waals surface area contributed by atoms with E-state index in [1.54, 1.807) is 30.3 Å². The van der Waals surface area contributed by atoms with Crippen LogP contribution in [0, 0.1) is 10.1 Å². The number of hydrazone groups is 1. The zero-order valence-electron chi connectivity index (χ0n) is 17.5. The third-order valence-electron chi connectivity index (χ3n) is 4.57. The lowest BCUT2D eigenvalue weighted by Gasteiger charge is -2.22. The van der Waals surface area contributed by atoms with Gasteiger partial charge in [0.05, 0.1) is 22.6 Å². The van der Waals surface area contributed by atoms with Crippen molar-refractivity contribution < 1.29 is 18.1 Å². The monoisotopic (exact) mass is 520 g/mol. The molecule has 3 aromatic rings. The quantitative estimate of drug-likeness (QED) is 0.256. The van der Waals surface area contributed by atoms with Gasteiger partial charge in [-0.25, -0.2) is 13.8 Å². The van der Waals surface area contributed by atoms with Gasteiger partial charge >= 0.3 is 0 Å². The maximum absolute atomic E-state index is 13.2. The Balaban J connectivity index is 1.77. The standard InChI is InChI=1S/C22H18Cl2N4O5S/c23-18-9-8-17(21(24)12-18)14-27(34(32,33)20-4-2-1-3-5-20)15-22(29)26-25-13-16-6-10-19(11-7-16)28(30)31/h1-13H,14-15H2,(H,26,29)/b25-13-. The average molecular weight is 521 g/mol. The van der Waals surface area contributed by atoms with Gasteiger partial charge in [-0.1, -0.05) is 47.5 Å². The number of nitrogens with one attached hydrogen (secondary N) is 1. The van der Waals surface area contributed by atoms with E-state index >= 15 is 0 Å². The number of hydrogen-bond acceptors (Lipinski definition) is 6. The summed E-state index contributed by atoms with van der Waals surface area (Å²) in [5.74, 6) is -0.692. The van der Waals surface area contributed by atoms with Crippen LogP contribution in [-0.4, -0.2) is 36.3 Å². The molecule has 0 bridgehead atoms. The van der Waals surface area contributed by atoms with Crippen LogP contribution in [0.1, 0.15) is 11.1 Å². The zero-order valence-corrected chi connectivity index (χ0v) is 19.8. The van der Waals surface area contributed by atoms with Crippen molar-refractivity contribution in [2.75, 3.05) is 6.54 Å². The number of sulfonamides is 1. The Morgan fingerprint density at radius 2 is 1.74 bits per heavy atom. The predicted molar refractivity (Wildman–Crippen MR) is 129 cm³/mol. The lowest BCUT2D eigenvalue weighted by molar-refractivity contribution is -0.384. The predicted octanol–water partition coefficient (Wildman–Crippen LogP) is 4.24. The summed E-state index contributed by atoms with van der Waals surface area (Å²) < 4.78 is 27.4. The topological polar surface area (TPSA) is 122 Å². The highest BCUT2D eigenvalue weighted by atomic mass is 35.5. The van der Waals surface area contributed by atoms with Crippen LogP contribution < -0.4 is 5.43 Å². The lowest BCUT2D eigenvalue weighted by Crippen LogP contribution is -2.39. The van der Waals surface area contributed by atoms with Crippen LogP contribution in [0.25, 0.3) is 0 Å². The first kappa shape index (κ1) is 25.3. The SMILES string of the molecule is O=C(CN(Cc1ccc(Cl)cc1Cl)S(=O)(=O)c1ccccc1)N/N=C\c1ccc([N+](=O)[O-])cc1. The van der Waals surface area contributed by atoms with E-state index in [2.05, 4.69) is 10.5 Å². The number of non-ortho nitro benzene ring substituents is 1. The van der Waals surface area contributed by atoms with Crippen LogP contribution in [0.5, 0.6) is 0 Å². The van der Waals surface area contributed by atoms with E-state index in [-0.39, 0.29) is 22.2 Å². The van der Waals surface area contributed by atoms with Crippen molar-refractivity contribution in [2.45, 2.75) is 11.4 Å². The maximum atomic E-state index is 13.2. The molecule has 1 amide bonds. The number of nitro benzene ring substituents is 1. The van der Waals surface area contributed by atoms with Gasteiger partial charge in [0.15, 0.2) is 0 Å². The second-order valence-electron chi connectivity index (χ2n) is 6.96. The Labute approximate surface area is 205 Å². The number of halogens is 2. The minimum Gasteiger partial charge on any atom is -0.272 e. The highest BCUT2D eigenvalue weighted by molar-refractivity contribution is 7.89. The highest BCUT2D eigenvalue weighted by Crippen LogP contribution is 2.25. The van der Waals surface area contributed by atoms with Gasteiger partial charge in [0.2, 0.25) is 10.0 Å². The molecule has 0 spiro atoms. The summed E-state index contributed by atoms with van der Waals surface area (Å²) in [6.45, 7) is -0.708. The van der Waals surface area contributed by atoms with Crippen LogP contribution in [0.4, 0.5) is 5.69 Å². The molecule has 34 heavy (non-hydrogen) atoms. The highest BCUT2D eigenvalue weighted by Gasteiger charge is 2.27. The second kappa shape index (κ2) is 11.2. The van der Waals surface area contributed by atoms with E-state index in [1.807, 2.05) is 0 Å². The van der Waals surface area contributed by atoms with Crippen molar-refractivity contribution in [3.63, 3.8) is 0 Å². The van der Waals surface area contributed by atoms with Gasteiger partial charge in [-0.05, 0) is 47.5 Å². The van der Waals surface area contributed by atoms with E-state index in [4.69, 9.17) is 23.2 Å². The molecule has 0 heterocycles. The van der Waals surface area contributed by atoms with Crippen LogP contribution in [0.15, 0.2) is 82.8 Å². The van der Waals surface area contributed by atoms with Crippen molar-refractivity contribution in [3.05, 3.63) is 104 Å². The van der Waals surface area contributed by atoms with Crippen LogP contribution in [0.2, 0.25) is 10.0 Å². The molecular formula is C22H18Cl2N4O5S. The number of rotatable bonds is 9. The third kappa shape index (κ3) is 6.61. The number of amides is 1. The molecule has 0 unspecified atom stereocenters. The molecule has 0 aliphatic carbocycles. The lowest BCUT2D eigenvalue weighted by atomic mass is 10.2. The Morgan fingerprint density at radius 3 is 2.35 bits per heavy atom. The summed E-state index contributed by atoms with van der Waals surface area (Å²) in [5, 5.41) is 15.2. The van der Waals surface area contributed by atoms with Crippen molar-refractivity contribution in [2.24, 2.45) is 5.10 Å². The third-order valence-corrected chi connectivity index (χ3v) is 6.96. The number of carbonyl (C=O) groups excluding carboxylic acids is 1. The molecule has 3 rings (SSSR count). The number of carbonyl (C=O) groups is 1. The molecular weight excluding hydrogens is 503 g/mol. The Bertz CT molecular complexity index is 1320. The van der Waals surface area contributed by atoms with E-state index in [0.29, 0.717) is 16.1 Å². The molecule has 0 saturated carbocycles. The van der Waals surface area contributed by atoms with E-state index in [1.165, 1.54) is 48.7 Å². The molecule has 3 aromatic carbocycles. The fraction of sp³-hybridized carbons (Fsp3) is 0.0909. The molecule has 0 aromatic heterocycles. The summed E-state index contributed by atoms with van der Waals surface area (Å²) >= 11 is 12.1. The second-order valence-corrected chi connectivity index (χ2v) is 9.75. The summed E-state index contributed by atoms with van der Waals surface area (Å²) in [7, 11) is -4.05. The molecule has 9 nitrogen and oxygen atoms in total. The van der Waals surface area contributed by atoms with Gasteiger partial charge in [0, 0.05) is 28.7 Å². The molecule has 1 N–H and O–H groups in total. The van der Waals surface area contributed by atoms with Crippen molar-refractivity contribution >= 4 is 51.0 Å². The van der Waals surface area contributed by atoms with Crippen molar-refractivity contribution in [1.29, 1.82) is 0 Å². The van der Waals surface area contributed by atoms with E-state index in [0.717, 1.165) is 4.31 Å². The summed E-state index contributed by atoms with van der Waals surface area (Å²) in [6, 6.07) is 17.9. The first-order valence-corrected chi connectivity index (χ1v) is 11.9. The fourth-order valence-corrected chi connectivity index (χ4v) is 4.73. The number of nitro groups is 1. The molecule has 0 saturated heterocycles. The maximum Gasteiger partial charge on any atom is 0.269 e. The van der Waals surface area contributed by atoms with Crippen LogP contribution in [-0.2, 0) is 21.4 Å². The van der Waals surface area contributed by atoms with Crippen molar-refractivity contribution in [1.82, 2.24) is 9.73 Å². The fourth-order valence-electron chi connectivity index (χ4n) is 2.86. The van der Waals surface area contributed by atoms with Gasteiger partial charge < -0.3 is 0 Å². The number of benzene rings is 3. The Hall–Kier alpha value is -3.31. The Morgan fingerprint density at radius 1 is 1.06 bits per heavy atom. The Kier molecular flexibility index (Phi) is 8.35. The summed E-state index contributed by atoms with van der Waals surface area (Å²) in [6.07, 6.45) is 1.29. The van der Waals surface area contributed by atoms with Gasteiger partial charge in [0.25, 0.3) is 11.6 Å². The number of nitrogens with zero attached hydrogens (tertiary/aromatic N) is 3. The minimum atomic E-state index is -4.05. The first-order valence-electron chi connectivity index (χ1n) is 9.72. The van der Waals surface area contributed by atoms with Gasteiger partial charge in [0.1, 0.15) is 0 Å². The van der Waals surface area contributed by atoms with Crippen LogP contribution in [0.3, 0.4) is 0 Å². The largest absolute Gasteiger partial charge is 0.272 e. The molecule has 0 fully saturated rings. The first-order chi connectivity index (χ1) is 16.2. The molecule has 0 atom stereocenters. The van der Waals surface area contributed by atoms with Gasteiger partial charge in [-0.2, -0.15) is 9.41 Å². The van der Waals surface area contributed by atoms with Gasteiger partial charge in [-0.15, -0.1) is 0 Å².